The molecular weight excluding hydrogens is 297 g/mol. The summed E-state index contributed by atoms with van der Waals surface area (Å²) in [6.07, 6.45) is -8.17. The molecule has 1 aromatic heterocycles. The lowest BCUT2D eigenvalue weighted by Crippen LogP contribution is -2.19. The van der Waals surface area contributed by atoms with Crippen LogP contribution in [0.1, 0.15) is 35.1 Å². The van der Waals surface area contributed by atoms with Gasteiger partial charge in [0.15, 0.2) is 5.69 Å². The van der Waals surface area contributed by atoms with Crippen molar-refractivity contribution in [3.05, 3.63) is 28.0 Å². The van der Waals surface area contributed by atoms with E-state index in [0.29, 0.717) is 6.07 Å². The van der Waals surface area contributed by atoms with Crippen molar-refractivity contribution < 1.29 is 31.5 Å². The molecular formula is C10H7ClF5NO2. The molecule has 19 heavy (non-hydrogen) atoms. The van der Waals surface area contributed by atoms with Crippen molar-refractivity contribution in [2.24, 2.45) is 0 Å². The van der Waals surface area contributed by atoms with Crippen molar-refractivity contribution in [1.82, 2.24) is 4.98 Å². The molecule has 1 aromatic rings. The van der Waals surface area contributed by atoms with Gasteiger partial charge in [-0.1, -0.05) is 11.6 Å². The predicted octanol–water partition coefficient (Wildman–Crippen LogP) is 3.87. The lowest BCUT2D eigenvalue weighted by Gasteiger charge is -2.14. The molecule has 0 aliphatic rings. The van der Waals surface area contributed by atoms with Gasteiger partial charge in [0, 0.05) is 0 Å². The normalized spacial score (nSPS) is 11.8. The highest BCUT2D eigenvalue weighted by molar-refractivity contribution is 6.31. The van der Waals surface area contributed by atoms with Crippen LogP contribution in [0.4, 0.5) is 22.0 Å². The van der Waals surface area contributed by atoms with Crippen LogP contribution in [0.2, 0.25) is 5.02 Å². The van der Waals surface area contributed by atoms with Gasteiger partial charge in [-0.25, -0.2) is 18.6 Å². The van der Waals surface area contributed by atoms with E-state index in [1.807, 2.05) is 0 Å². The lowest BCUT2D eigenvalue weighted by molar-refractivity contribution is -0.138. The van der Waals surface area contributed by atoms with Gasteiger partial charge in [-0.3, -0.25) is 0 Å². The van der Waals surface area contributed by atoms with Crippen LogP contribution in [0.5, 0.6) is 0 Å². The Morgan fingerprint density at radius 1 is 1.47 bits per heavy atom. The van der Waals surface area contributed by atoms with Crippen LogP contribution in [0.15, 0.2) is 6.07 Å². The maximum Gasteiger partial charge on any atom is 0.420 e. The largest absolute Gasteiger partial charge is 0.461 e. The molecule has 0 aliphatic heterocycles. The third-order valence-electron chi connectivity index (χ3n) is 1.97. The maximum absolute atomic E-state index is 12.7. The third-order valence-corrected chi connectivity index (χ3v) is 2.27. The van der Waals surface area contributed by atoms with E-state index in [9.17, 15) is 26.7 Å². The molecule has 0 spiro atoms. The number of hydrogen-bond donors (Lipinski definition) is 0. The van der Waals surface area contributed by atoms with Crippen LogP contribution in [-0.4, -0.2) is 17.6 Å². The molecule has 0 amide bonds. The smallest absolute Gasteiger partial charge is 0.420 e. The minimum atomic E-state index is -5.01. The topological polar surface area (TPSA) is 39.2 Å². The predicted molar refractivity (Wildman–Crippen MR) is 55.2 cm³/mol. The SMILES string of the molecule is CCOC(=O)c1nc(C(F)F)cc(Cl)c1C(F)(F)F. The Kier molecular flexibility index (Phi) is 4.67. The second kappa shape index (κ2) is 5.68. The summed E-state index contributed by atoms with van der Waals surface area (Å²) in [5.74, 6) is -1.46. The quantitative estimate of drug-likeness (QED) is 0.628. The first-order valence-corrected chi connectivity index (χ1v) is 5.29. The van der Waals surface area contributed by atoms with E-state index < -0.39 is 40.5 Å². The Bertz CT molecular complexity index is 490. The van der Waals surface area contributed by atoms with Crippen molar-refractivity contribution in [2.45, 2.75) is 19.5 Å². The van der Waals surface area contributed by atoms with Crippen LogP contribution in [0.25, 0.3) is 0 Å². The zero-order valence-electron chi connectivity index (χ0n) is 9.39. The molecule has 3 nitrogen and oxygen atoms in total. The fraction of sp³-hybridized carbons (Fsp3) is 0.400. The maximum atomic E-state index is 12.7. The Morgan fingerprint density at radius 2 is 2.05 bits per heavy atom. The summed E-state index contributed by atoms with van der Waals surface area (Å²) in [7, 11) is 0. The minimum absolute atomic E-state index is 0.228. The molecule has 0 saturated carbocycles. The summed E-state index contributed by atoms with van der Waals surface area (Å²) in [4.78, 5) is 14.3. The number of esters is 1. The molecule has 0 radical (unpaired) electrons. The van der Waals surface area contributed by atoms with Gasteiger partial charge in [-0.2, -0.15) is 13.2 Å². The summed E-state index contributed by atoms with van der Waals surface area (Å²) >= 11 is 5.31. The minimum Gasteiger partial charge on any atom is -0.461 e. The number of carbonyl (C=O) groups is 1. The molecule has 1 heterocycles. The summed E-state index contributed by atoms with van der Waals surface area (Å²) in [6, 6.07) is 0.373. The number of alkyl halides is 5. The number of rotatable bonds is 3. The molecule has 0 fully saturated rings. The number of ether oxygens (including phenoxy) is 1. The highest BCUT2D eigenvalue weighted by Gasteiger charge is 2.40. The molecule has 106 valence electrons. The summed E-state index contributed by atoms with van der Waals surface area (Å²) in [5, 5.41) is -1.03. The number of carbonyl (C=O) groups excluding carboxylic acids is 1. The fourth-order valence-electron chi connectivity index (χ4n) is 1.26. The first-order chi connectivity index (χ1) is 8.68. The number of hydrogen-bond acceptors (Lipinski definition) is 3. The molecule has 0 bridgehead atoms. The van der Waals surface area contributed by atoms with E-state index in [0.717, 1.165) is 0 Å². The zero-order valence-corrected chi connectivity index (χ0v) is 10.1. The lowest BCUT2D eigenvalue weighted by atomic mass is 10.1. The molecule has 0 saturated heterocycles. The van der Waals surface area contributed by atoms with Crippen LogP contribution in [-0.2, 0) is 10.9 Å². The van der Waals surface area contributed by atoms with Crippen molar-refractivity contribution in [2.75, 3.05) is 6.61 Å². The number of halogens is 6. The van der Waals surface area contributed by atoms with Gasteiger partial charge in [0.25, 0.3) is 6.43 Å². The van der Waals surface area contributed by atoms with Crippen LogP contribution >= 0.6 is 11.6 Å². The Hall–Kier alpha value is -1.44. The van der Waals surface area contributed by atoms with Crippen molar-refractivity contribution in [1.29, 1.82) is 0 Å². The standard InChI is InChI=1S/C10H7ClF5NO2/c1-2-19-9(18)7-6(10(14,15)16)4(11)3-5(17-7)8(12)13/h3,8H,2H2,1H3. The van der Waals surface area contributed by atoms with Gasteiger partial charge in [0.2, 0.25) is 0 Å². The van der Waals surface area contributed by atoms with Crippen molar-refractivity contribution >= 4 is 17.6 Å². The van der Waals surface area contributed by atoms with Crippen LogP contribution in [0.3, 0.4) is 0 Å². The average molecular weight is 304 g/mol. The summed E-state index contributed by atoms with van der Waals surface area (Å²) < 4.78 is 67.4. The summed E-state index contributed by atoms with van der Waals surface area (Å²) in [6.45, 7) is 1.12. The Labute approximate surface area is 109 Å². The number of pyridine rings is 1. The number of aromatic nitrogens is 1. The van der Waals surface area contributed by atoms with E-state index in [4.69, 9.17) is 11.6 Å². The highest BCUT2D eigenvalue weighted by atomic mass is 35.5. The first kappa shape index (κ1) is 15.6. The summed E-state index contributed by atoms with van der Waals surface area (Å²) in [5.41, 5.74) is -3.88. The monoisotopic (exact) mass is 303 g/mol. The van der Waals surface area contributed by atoms with Gasteiger partial charge in [-0.15, -0.1) is 0 Å². The first-order valence-electron chi connectivity index (χ1n) is 4.91. The molecule has 9 heteroatoms. The van der Waals surface area contributed by atoms with E-state index in [1.165, 1.54) is 6.92 Å². The van der Waals surface area contributed by atoms with E-state index in [-0.39, 0.29) is 6.61 Å². The molecule has 0 unspecified atom stereocenters. The van der Waals surface area contributed by atoms with Crippen LogP contribution in [0, 0.1) is 0 Å². The highest BCUT2D eigenvalue weighted by Crippen LogP contribution is 2.38. The van der Waals surface area contributed by atoms with Gasteiger partial charge in [0.05, 0.1) is 11.6 Å². The molecule has 0 N–H and O–H groups in total. The second-order valence-corrected chi connectivity index (χ2v) is 3.68. The molecule has 1 rings (SSSR count). The van der Waals surface area contributed by atoms with E-state index in [2.05, 4.69) is 9.72 Å². The fourth-order valence-corrected chi connectivity index (χ4v) is 1.57. The van der Waals surface area contributed by atoms with Crippen molar-refractivity contribution in [3.8, 4) is 0 Å². The van der Waals surface area contributed by atoms with Gasteiger partial charge >= 0.3 is 12.1 Å². The third kappa shape index (κ3) is 3.52. The molecule has 0 atom stereocenters. The van der Waals surface area contributed by atoms with Crippen LogP contribution < -0.4 is 0 Å². The van der Waals surface area contributed by atoms with E-state index in [1.54, 1.807) is 0 Å². The van der Waals surface area contributed by atoms with Gasteiger partial charge < -0.3 is 4.74 Å². The molecule has 0 aromatic carbocycles. The van der Waals surface area contributed by atoms with Gasteiger partial charge in [-0.05, 0) is 13.0 Å². The Balaban J connectivity index is 3.49. The average Bonchev–Trinajstić information content (AvgIpc) is 2.26. The van der Waals surface area contributed by atoms with Gasteiger partial charge in [0.1, 0.15) is 11.3 Å². The zero-order chi connectivity index (χ0) is 14.8. The Morgan fingerprint density at radius 3 is 2.47 bits per heavy atom. The van der Waals surface area contributed by atoms with Crippen molar-refractivity contribution in [3.63, 3.8) is 0 Å². The number of nitrogens with zero attached hydrogens (tertiary/aromatic N) is 1. The second-order valence-electron chi connectivity index (χ2n) is 3.27. The molecule has 0 aliphatic carbocycles. The van der Waals surface area contributed by atoms with E-state index >= 15 is 0 Å².